The number of nitrogens with zero attached hydrogens (tertiary/aromatic N) is 5. The van der Waals surface area contributed by atoms with Gasteiger partial charge in [-0.05, 0) is 52.0 Å². The molecule has 0 amide bonds. The highest BCUT2D eigenvalue weighted by atomic mass is 19.4. The number of aromatic nitrogens is 5. The molecule has 4 aromatic rings. The Morgan fingerprint density at radius 3 is 2.20 bits per heavy atom. The van der Waals surface area contributed by atoms with E-state index >= 15 is 0 Å². The van der Waals surface area contributed by atoms with Gasteiger partial charge < -0.3 is 5.32 Å². The maximum absolute atomic E-state index is 13.6. The Balaban J connectivity index is 0.00000167. The van der Waals surface area contributed by atoms with Gasteiger partial charge in [-0.1, -0.05) is 38.1 Å². The second kappa shape index (κ2) is 9.89. The van der Waals surface area contributed by atoms with Crippen molar-refractivity contribution >= 4 is 22.7 Å². The molecular formula is C25H29F3N6O. The van der Waals surface area contributed by atoms with Crippen LogP contribution in [0.1, 0.15) is 53.3 Å². The number of nitrogens with one attached hydrogen (secondary N) is 1. The Morgan fingerprint density at radius 1 is 0.943 bits per heavy atom. The third-order valence-corrected chi connectivity index (χ3v) is 5.44. The van der Waals surface area contributed by atoms with Gasteiger partial charge in [0, 0.05) is 17.9 Å². The molecule has 0 aliphatic carbocycles. The minimum Gasteiger partial charge on any atom is -0.324 e. The summed E-state index contributed by atoms with van der Waals surface area (Å²) in [6, 6.07) is 13.3. The van der Waals surface area contributed by atoms with E-state index in [1.165, 1.54) is 27.7 Å². The largest absolute Gasteiger partial charge is 0.399 e. The van der Waals surface area contributed by atoms with Crippen molar-refractivity contribution in [1.82, 2.24) is 24.3 Å². The Hall–Kier alpha value is -3.69. The average molecular weight is 487 g/mol. The van der Waals surface area contributed by atoms with Crippen molar-refractivity contribution in [1.29, 1.82) is 0 Å². The molecule has 0 aliphatic rings. The van der Waals surface area contributed by atoms with Crippen LogP contribution in [0.4, 0.5) is 24.8 Å². The number of halogens is 3. The van der Waals surface area contributed by atoms with Crippen LogP contribution in [0.15, 0.2) is 59.5 Å². The van der Waals surface area contributed by atoms with E-state index in [0.29, 0.717) is 0 Å². The molecule has 0 radical (unpaired) electrons. The number of hydrogen-bond acceptors (Lipinski definition) is 5. The van der Waals surface area contributed by atoms with Crippen LogP contribution >= 0.6 is 0 Å². The highest BCUT2D eigenvalue weighted by molar-refractivity contribution is 5.77. The maximum atomic E-state index is 13.6. The molecular weight excluding hydrogens is 457 g/mol. The lowest BCUT2D eigenvalue weighted by atomic mass is 9.88. The molecule has 1 aromatic carbocycles. The maximum Gasteiger partial charge on any atom is 0.399 e. The molecule has 7 nitrogen and oxygen atoms in total. The monoisotopic (exact) mass is 486 g/mol. The number of para-hydroxylation sites is 1. The van der Waals surface area contributed by atoms with Crippen LogP contribution in [-0.4, -0.2) is 30.5 Å². The summed E-state index contributed by atoms with van der Waals surface area (Å²) in [5.41, 5.74) is -1.69. The Morgan fingerprint density at radius 2 is 1.60 bits per heavy atom. The highest BCUT2D eigenvalue weighted by Crippen LogP contribution is 2.39. The molecule has 0 spiro atoms. The van der Waals surface area contributed by atoms with Gasteiger partial charge in [0.2, 0.25) is 5.95 Å². The zero-order chi connectivity index (χ0) is 26.0. The molecule has 0 atom stereocenters. The Kier molecular flexibility index (Phi) is 7.33. The SMILES string of the molecule is CC.CC(C)n1c(=O)c2cnc(Nc3ccccc3)nc2n1-c1cccc(C(C)(C)C(F)(F)F)n1. The van der Waals surface area contributed by atoms with Gasteiger partial charge in [0.15, 0.2) is 11.5 Å². The molecule has 10 heteroatoms. The average Bonchev–Trinajstić information content (AvgIpc) is 3.12. The molecule has 0 saturated carbocycles. The first-order chi connectivity index (χ1) is 16.5. The van der Waals surface area contributed by atoms with Crippen molar-refractivity contribution in [2.45, 2.75) is 59.2 Å². The van der Waals surface area contributed by atoms with Gasteiger partial charge in [-0.25, -0.2) is 19.3 Å². The van der Waals surface area contributed by atoms with Crippen molar-refractivity contribution in [3.8, 4) is 5.82 Å². The van der Waals surface area contributed by atoms with Gasteiger partial charge in [-0.15, -0.1) is 0 Å². The first kappa shape index (κ1) is 25.9. The molecule has 1 N–H and O–H groups in total. The number of anilines is 2. The minimum atomic E-state index is -4.50. The number of benzene rings is 1. The zero-order valence-corrected chi connectivity index (χ0v) is 20.6. The number of rotatable bonds is 5. The van der Waals surface area contributed by atoms with E-state index in [1.807, 2.05) is 44.2 Å². The van der Waals surface area contributed by atoms with Gasteiger partial charge in [0.25, 0.3) is 5.56 Å². The van der Waals surface area contributed by atoms with E-state index < -0.39 is 11.6 Å². The molecule has 186 valence electrons. The highest BCUT2D eigenvalue weighted by Gasteiger charge is 2.49. The normalized spacial score (nSPS) is 11.9. The number of hydrogen-bond donors (Lipinski definition) is 1. The summed E-state index contributed by atoms with van der Waals surface area (Å²) in [5, 5.41) is 3.31. The van der Waals surface area contributed by atoms with Crippen molar-refractivity contribution < 1.29 is 13.2 Å². The standard InChI is InChI=1S/C23H23F3N6O.C2H6/c1-14(2)31-20(33)16-13-27-21(28-15-9-6-5-7-10-15)30-19(16)32(31)18-12-8-11-17(29-18)22(3,4)23(24,25)26;1-2/h5-14H,1-4H3,(H,27,28,30);1-2H3. The molecule has 35 heavy (non-hydrogen) atoms. The molecule has 0 fully saturated rings. The molecule has 0 unspecified atom stereocenters. The van der Waals surface area contributed by atoms with E-state index in [-0.39, 0.29) is 40.1 Å². The second-order valence-electron chi connectivity index (χ2n) is 8.48. The van der Waals surface area contributed by atoms with E-state index in [1.54, 1.807) is 19.9 Å². The first-order valence-electron chi connectivity index (χ1n) is 11.4. The van der Waals surface area contributed by atoms with Crippen LogP contribution < -0.4 is 10.9 Å². The lowest BCUT2D eigenvalue weighted by Gasteiger charge is -2.27. The van der Waals surface area contributed by atoms with E-state index in [2.05, 4.69) is 20.3 Å². The summed E-state index contributed by atoms with van der Waals surface area (Å²) in [7, 11) is 0. The third kappa shape index (κ3) is 4.91. The van der Waals surface area contributed by atoms with E-state index in [4.69, 9.17) is 0 Å². The van der Waals surface area contributed by atoms with Crippen molar-refractivity contribution in [3.63, 3.8) is 0 Å². The lowest BCUT2D eigenvalue weighted by molar-refractivity contribution is -0.181. The van der Waals surface area contributed by atoms with E-state index in [9.17, 15) is 18.0 Å². The number of fused-ring (bicyclic) bond motifs is 1. The van der Waals surface area contributed by atoms with Crippen LogP contribution in [0.3, 0.4) is 0 Å². The van der Waals surface area contributed by atoms with Crippen LogP contribution in [0.5, 0.6) is 0 Å². The molecule has 0 aliphatic heterocycles. The zero-order valence-electron chi connectivity index (χ0n) is 20.6. The topological polar surface area (TPSA) is 77.6 Å². The smallest absolute Gasteiger partial charge is 0.324 e. The van der Waals surface area contributed by atoms with Gasteiger partial charge in [-0.2, -0.15) is 18.2 Å². The fourth-order valence-electron chi connectivity index (χ4n) is 3.43. The molecule has 3 aromatic heterocycles. The van der Waals surface area contributed by atoms with Gasteiger partial charge in [0.05, 0.1) is 5.69 Å². The summed E-state index contributed by atoms with van der Waals surface area (Å²) < 4.78 is 43.8. The van der Waals surface area contributed by atoms with Crippen molar-refractivity contribution in [2.24, 2.45) is 0 Å². The van der Waals surface area contributed by atoms with E-state index in [0.717, 1.165) is 19.5 Å². The summed E-state index contributed by atoms with van der Waals surface area (Å²) in [6.07, 6.45) is -3.08. The van der Waals surface area contributed by atoms with Crippen LogP contribution in [-0.2, 0) is 5.41 Å². The Bertz CT molecular complexity index is 1360. The lowest BCUT2D eigenvalue weighted by Crippen LogP contribution is -2.37. The van der Waals surface area contributed by atoms with Gasteiger partial charge in [0.1, 0.15) is 10.8 Å². The summed E-state index contributed by atoms with van der Waals surface area (Å²) in [4.78, 5) is 26.2. The summed E-state index contributed by atoms with van der Waals surface area (Å²) in [6.45, 7) is 9.76. The predicted molar refractivity (Wildman–Crippen MR) is 131 cm³/mol. The molecule has 0 bridgehead atoms. The minimum absolute atomic E-state index is 0.159. The fraction of sp³-hybridized carbons (Fsp3) is 0.360. The second-order valence-corrected chi connectivity index (χ2v) is 8.48. The molecule has 0 saturated heterocycles. The van der Waals surface area contributed by atoms with Crippen molar-refractivity contribution in [2.75, 3.05) is 5.32 Å². The van der Waals surface area contributed by atoms with Crippen LogP contribution in [0.2, 0.25) is 0 Å². The summed E-state index contributed by atoms with van der Waals surface area (Å²) >= 11 is 0. The third-order valence-electron chi connectivity index (χ3n) is 5.44. The van der Waals surface area contributed by atoms with Gasteiger partial charge in [-0.3, -0.25) is 4.79 Å². The predicted octanol–water partition coefficient (Wildman–Crippen LogP) is 6.17. The van der Waals surface area contributed by atoms with Crippen molar-refractivity contribution in [3.05, 3.63) is 70.8 Å². The van der Waals surface area contributed by atoms with Gasteiger partial charge >= 0.3 is 6.18 Å². The number of alkyl halides is 3. The van der Waals surface area contributed by atoms with Crippen LogP contribution in [0.25, 0.3) is 16.9 Å². The quantitative estimate of drug-likeness (QED) is 0.365. The molecule has 4 rings (SSSR count). The fourth-order valence-corrected chi connectivity index (χ4v) is 3.43. The summed E-state index contributed by atoms with van der Waals surface area (Å²) in [5.74, 6) is 0.408. The molecule has 3 heterocycles. The Labute approximate surface area is 201 Å². The first-order valence-corrected chi connectivity index (χ1v) is 11.4. The number of pyridine rings is 1. The van der Waals surface area contributed by atoms with Crippen LogP contribution in [0, 0.1) is 0 Å².